The van der Waals surface area contributed by atoms with Gasteiger partial charge in [-0.05, 0) is 29.5 Å². The first-order valence-electron chi connectivity index (χ1n) is 11.8. The molecule has 0 fully saturated rings. The van der Waals surface area contributed by atoms with Crippen LogP contribution in [0.3, 0.4) is 0 Å². The molecule has 1 atom stereocenters. The first-order valence-corrected chi connectivity index (χ1v) is 13.7. The zero-order valence-corrected chi connectivity index (χ0v) is 22.6. The van der Waals surface area contributed by atoms with Crippen LogP contribution in [0.1, 0.15) is 19.4 Å². The maximum absolute atomic E-state index is 13.7. The Morgan fingerprint density at radius 2 is 1.85 bits per heavy atom. The molecule has 14 heteroatoms. The van der Waals surface area contributed by atoms with Crippen molar-refractivity contribution in [3.63, 3.8) is 0 Å². The summed E-state index contributed by atoms with van der Waals surface area (Å²) in [4.78, 5) is 48.4. The van der Waals surface area contributed by atoms with Gasteiger partial charge in [0.2, 0.25) is 5.91 Å². The summed E-state index contributed by atoms with van der Waals surface area (Å²) in [6.45, 7) is -0.964. The highest BCUT2D eigenvalue weighted by Crippen LogP contribution is 2.35. The standard InChI is InChI=1S/C25H28ClFN3O8P.CH4/c1-30(23(31)10-9-17-7-4-8-21(27)24(17)26)20(15-36-11-12-38-39(33,34)35)16-37-25(32)29-22-13-18-5-2-3-6-19(18)14-28-22;/h2-8,13-14,20H,9-12,15-16H2,1H3,(H,28,29,32)(H2,33,34,35);1H4/t20-;/m0./s1. The largest absolute Gasteiger partial charge is 0.469 e. The summed E-state index contributed by atoms with van der Waals surface area (Å²) in [5.74, 6) is -0.660. The van der Waals surface area contributed by atoms with Crippen molar-refractivity contribution in [2.45, 2.75) is 26.3 Å². The summed E-state index contributed by atoms with van der Waals surface area (Å²) in [6, 6.07) is 12.7. The monoisotopic (exact) mass is 599 g/mol. The minimum Gasteiger partial charge on any atom is -0.447 e. The number of carbonyl (C=O) groups is 2. The zero-order valence-electron chi connectivity index (χ0n) is 21.0. The van der Waals surface area contributed by atoms with E-state index in [4.69, 9.17) is 30.9 Å². The average Bonchev–Trinajstić information content (AvgIpc) is 2.89. The molecule has 0 radical (unpaired) electrons. The van der Waals surface area contributed by atoms with Gasteiger partial charge in [0.15, 0.2) is 0 Å². The van der Waals surface area contributed by atoms with E-state index in [0.717, 1.165) is 10.8 Å². The Morgan fingerprint density at radius 3 is 2.58 bits per heavy atom. The summed E-state index contributed by atoms with van der Waals surface area (Å²) in [5, 5.41) is 4.25. The van der Waals surface area contributed by atoms with Gasteiger partial charge in [0.1, 0.15) is 18.2 Å². The topological polar surface area (TPSA) is 148 Å². The van der Waals surface area contributed by atoms with Crippen LogP contribution >= 0.6 is 19.4 Å². The molecule has 1 aromatic heterocycles. The quantitative estimate of drug-likeness (QED) is 0.186. The van der Waals surface area contributed by atoms with Crippen molar-refractivity contribution >= 4 is 48.0 Å². The van der Waals surface area contributed by atoms with Crippen LogP contribution < -0.4 is 5.32 Å². The summed E-state index contributed by atoms with van der Waals surface area (Å²) in [5.41, 5.74) is 0.472. The van der Waals surface area contributed by atoms with Crippen LogP contribution in [-0.4, -0.2) is 71.2 Å². The third kappa shape index (κ3) is 10.5. The van der Waals surface area contributed by atoms with E-state index < -0.39 is 25.8 Å². The molecule has 1 heterocycles. The molecule has 218 valence electrons. The van der Waals surface area contributed by atoms with Gasteiger partial charge in [-0.1, -0.05) is 55.4 Å². The van der Waals surface area contributed by atoms with Crippen molar-refractivity contribution in [3.8, 4) is 0 Å². The second kappa shape index (κ2) is 15.6. The van der Waals surface area contributed by atoms with Gasteiger partial charge in [0.05, 0.1) is 30.9 Å². The average molecular weight is 600 g/mol. The van der Waals surface area contributed by atoms with Crippen molar-refractivity contribution in [3.05, 3.63) is 71.1 Å². The predicted octanol–water partition coefficient (Wildman–Crippen LogP) is 4.80. The number of amides is 2. The molecule has 11 nitrogen and oxygen atoms in total. The first kappa shape index (κ1) is 33.1. The fraction of sp³-hybridized carbons (Fsp3) is 0.346. The van der Waals surface area contributed by atoms with E-state index in [1.165, 1.54) is 24.1 Å². The molecule has 0 aliphatic rings. The highest BCUT2D eigenvalue weighted by atomic mass is 35.5. The zero-order chi connectivity index (χ0) is 28.4. The van der Waals surface area contributed by atoms with Crippen LogP contribution in [0.5, 0.6) is 0 Å². The highest BCUT2D eigenvalue weighted by molar-refractivity contribution is 7.46. The third-order valence-corrected chi connectivity index (χ3v) is 6.59. The first-order chi connectivity index (χ1) is 18.5. The van der Waals surface area contributed by atoms with Crippen LogP contribution in [0, 0.1) is 5.82 Å². The molecule has 0 bridgehead atoms. The lowest BCUT2D eigenvalue weighted by atomic mass is 10.1. The van der Waals surface area contributed by atoms with Gasteiger partial charge in [0, 0.05) is 25.1 Å². The number of phosphoric ester groups is 1. The van der Waals surface area contributed by atoms with Gasteiger partial charge < -0.3 is 24.2 Å². The number of halogens is 2. The number of nitrogens with one attached hydrogen (secondary N) is 1. The number of aryl methyl sites for hydroxylation is 1. The van der Waals surface area contributed by atoms with Crippen molar-refractivity contribution in [2.24, 2.45) is 0 Å². The summed E-state index contributed by atoms with van der Waals surface area (Å²) in [7, 11) is -3.16. The van der Waals surface area contributed by atoms with E-state index in [1.807, 2.05) is 24.3 Å². The van der Waals surface area contributed by atoms with Gasteiger partial charge in [-0.2, -0.15) is 0 Å². The lowest BCUT2D eigenvalue weighted by Gasteiger charge is -2.28. The maximum Gasteiger partial charge on any atom is 0.469 e. The minimum atomic E-state index is -4.65. The molecule has 2 amide bonds. The Bertz CT molecular complexity index is 1340. The van der Waals surface area contributed by atoms with Crippen molar-refractivity contribution in [1.29, 1.82) is 0 Å². The predicted molar refractivity (Wildman–Crippen MR) is 149 cm³/mol. The molecule has 0 aliphatic carbocycles. The Labute approximate surface area is 236 Å². The molecule has 40 heavy (non-hydrogen) atoms. The Balaban J connectivity index is 0.00000560. The fourth-order valence-corrected chi connectivity index (χ4v) is 4.07. The number of rotatable bonds is 13. The number of hydrogen-bond acceptors (Lipinski definition) is 7. The Kier molecular flexibility index (Phi) is 12.9. The molecular formula is C26H32ClFN3O8P. The van der Waals surface area contributed by atoms with Gasteiger partial charge in [0.25, 0.3) is 0 Å². The number of hydrogen-bond donors (Lipinski definition) is 3. The van der Waals surface area contributed by atoms with Gasteiger partial charge in [-0.25, -0.2) is 18.7 Å². The van der Waals surface area contributed by atoms with Gasteiger partial charge in [-0.3, -0.25) is 14.6 Å². The van der Waals surface area contributed by atoms with E-state index >= 15 is 0 Å². The smallest absolute Gasteiger partial charge is 0.447 e. The number of phosphoric acid groups is 1. The number of benzene rings is 2. The molecular weight excluding hydrogens is 568 g/mol. The Hall–Kier alpha value is -3.12. The van der Waals surface area contributed by atoms with Crippen LogP contribution in [0.2, 0.25) is 5.02 Å². The summed E-state index contributed by atoms with van der Waals surface area (Å²) >= 11 is 5.98. The minimum absolute atomic E-state index is 0. The van der Waals surface area contributed by atoms with Gasteiger partial charge in [-0.15, -0.1) is 0 Å². The van der Waals surface area contributed by atoms with Gasteiger partial charge >= 0.3 is 13.9 Å². The molecule has 2 aromatic carbocycles. The van der Waals surface area contributed by atoms with E-state index in [-0.39, 0.29) is 63.4 Å². The number of carbonyl (C=O) groups excluding carboxylic acids is 2. The number of ether oxygens (including phenoxy) is 2. The molecule has 0 saturated heterocycles. The molecule has 3 N–H and O–H groups in total. The molecule has 0 spiro atoms. The number of fused-ring (bicyclic) bond motifs is 1. The molecule has 3 rings (SSSR count). The number of likely N-dealkylation sites (N-methyl/N-ethyl adjacent to an activating group) is 1. The van der Waals surface area contributed by atoms with Crippen LogP contribution in [0.4, 0.5) is 15.0 Å². The lowest BCUT2D eigenvalue weighted by Crippen LogP contribution is -2.44. The molecule has 3 aromatic rings. The van der Waals surface area contributed by atoms with Crippen molar-refractivity contribution in [1.82, 2.24) is 9.88 Å². The number of aromatic nitrogens is 1. The SMILES string of the molecule is C.CN(C(=O)CCc1cccc(F)c1Cl)[C@@H](COCCOP(=O)(O)O)COC(=O)Nc1cc2ccccc2cn1. The number of anilines is 1. The second-order valence-corrected chi connectivity index (χ2v) is 10.0. The van der Waals surface area contributed by atoms with Crippen LogP contribution in [0.25, 0.3) is 10.8 Å². The van der Waals surface area contributed by atoms with Crippen molar-refractivity contribution < 1.29 is 42.3 Å². The molecule has 0 unspecified atom stereocenters. The van der Waals surface area contributed by atoms with Crippen LogP contribution in [0.15, 0.2) is 54.7 Å². The van der Waals surface area contributed by atoms with Crippen LogP contribution in [-0.2, 0) is 29.8 Å². The maximum atomic E-state index is 13.7. The summed E-state index contributed by atoms with van der Waals surface area (Å²) in [6.07, 6.45) is 0.974. The van der Waals surface area contributed by atoms with Crippen molar-refractivity contribution in [2.75, 3.05) is 38.8 Å². The third-order valence-electron chi connectivity index (χ3n) is 5.65. The second-order valence-electron chi connectivity index (χ2n) is 8.41. The lowest BCUT2D eigenvalue weighted by molar-refractivity contribution is -0.134. The molecule has 0 aliphatic heterocycles. The normalized spacial score (nSPS) is 11.9. The number of nitrogens with zero attached hydrogens (tertiary/aromatic N) is 2. The highest BCUT2D eigenvalue weighted by Gasteiger charge is 2.23. The van der Waals surface area contributed by atoms with E-state index in [2.05, 4.69) is 14.8 Å². The van der Waals surface area contributed by atoms with E-state index in [0.29, 0.717) is 5.56 Å². The Morgan fingerprint density at radius 1 is 1.12 bits per heavy atom. The van der Waals surface area contributed by atoms with E-state index in [1.54, 1.807) is 18.3 Å². The fourth-order valence-electron chi connectivity index (χ4n) is 3.53. The van der Waals surface area contributed by atoms with E-state index in [9.17, 15) is 18.5 Å². The number of pyridine rings is 1. The molecule has 0 saturated carbocycles. The summed E-state index contributed by atoms with van der Waals surface area (Å²) < 4.78 is 39.6.